The number of rotatable bonds is 4. The van der Waals surface area contributed by atoms with Gasteiger partial charge in [-0.1, -0.05) is 0 Å². The topological polar surface area (TPSA) is 123 Å². The molecular weight excluding hydrogens is 548 g/mol. The highest BCUT2D eigenvalue weighted by Crippen LogP contribution is 2.44. The molecule has 2 aliphatic rings. The van der Waals surface area contributed by atoms with Crippen molar-refractivity contribution in [3.8, 4) is 40.0 Å². The van der Waals surface area contributed by atoms with E-state index in [0.717, 1.165) is 29.5 Å². The highest BCUT2D eigenvalue weighted by molar-refractivity contribution is 5.75. The lowest BCUT2D eigenvalue weighted by Gasteiger charge is -2.45. The van der Waals surface area contributed by atoms with E-state index in [4.69, 9.17) is 34.0 Å². The largest absolute Gasteiger partial charge is 0.490 e. The maximum Gasteiger partial charge on any atom is 0.240 e. The van der Waals surface area contributed by atoms with Gasteiger partial charge >= 0.3 is 0 Å². The molecule has 12 nitrogen and oxygen atoms in total. The van der Waals surface area contributed by atoms with Gasteiger partial charge in [-0.05, 0) is 60.5 Å². The van der Waals surface area contributed by atoms with Crippen molar-refractivity contribution in [2.45, 2.75) is 84.2 Å². The van der Waals surface area contributed by atoms with Crippen molar-refractivity contribution in [3.05, 3.63) is 36.9 Å². The number of ether oxygens (including phenoxy) is 4. The van der Waals surface area contributed by atoms with Crippen LogP contribution in [-0.2, 0) is 11.8 Å². The monoisotopic (exact) mass is 588 g/mol. The fraction of sp³-hybridized carbons (Fsp3) is 0.516. The molecular formula is C31H40N8O4. The van der Waals surface area contributed by atoms with Crippen LogP contribution in [0.4, 0.5) is 11.6 Å². The Morgan fingerprint density at radius 1 is 1.05 bits per heavy atom. The second-order valence-corrected chi connectivity index (χ2v) is 12.5. The van der Waals surface area contributed by atoms with Crippen LogP contribution in [0.25, 0.3) is 22.5 Å². The van der Waals surface area contributed by atoms with Gasteiger partial charge in [0.2, 0.25) is 11.8 Å². The van der Waals surface area contributed by atoms with Gasteiger partial charge in [0.15, 0.2) is 5.82 Å². The molecule has 6 heterocycles. The van der Waals surface area contributed by atoms with E-state index in [2.05, 4.69) is 49.3 Å². The molecule has 0 spiro atoms. The molecule has 0 saturated carbocycles. The molecule has 0 aliphatic carbocycles. The van der Waals surface area contributed by atoms with E-state index in [0.29, 0.717) is 54.6 Å². The minimum Gasteiger partial charge on any atom is -0.490 e. The first-order valence-electron chi connectivity index (χ1n) is 14.8. The minimum absolute atomic E-state index is 0.149. The Morgan fingerprint density at radius 2 is 1.84 bits per heavy atom. The van der Waals surface area contributed by atoms with E-state index in [-0.39, 0.29) is 23.3 Å². The third-order valence-electron chi connectivity index (χ3n) is 7.64. The predicted molar refractivity (Wildman–Crippen MR) is 162 cm³/mol. The Kier molecular flexibility index (Phi) is 7.49. The first-order chi connectivity index (χ1) is 20.5. The molecule has 43 heavy (non-hydrogen) atoms. The van der Waals surface area contributed by atoms with Crippen molar-refractivity contribution >= 4 is 11.6 Å². The van der Waals surface area contributed by atoms with Crippen LogP contribution in [0.2, 0.25) is 0 Å². The van der Waals surface area contributed by atoms with Crippen LogP contribution in [0.15, 0.2) is 36.9 Å². The van der Waals surface area contributed by atoms with Crippen LogP contribution in [0.3, 0.4) is 0 Å². The van der Waals surface area contributed by atoms with E-state index >= 15 is 0 Å². The van der Waals surface area contributed by atoms with Gasteiger partial charge < -0.3 is 24.3 Å². The smallest absolute Gasteiger partial charge is 0.240 e. The summed E-state index contributed by atoms with van der Waals surface area (Å²) in [7, 11) is 1.84. The van der Waals surface area contributed by atoms with E-state index < -0.39 is 0 Å². The summed E-state index contributed by atoms with van der Waals surface area (Å²) in [4.78, 5) is 13.9. The summed E-state index contributed by atoms with van der Waals surface area (Å²) in [6, 6.07) is 3.83. The predicted octanol–water partition coefficient (Wildman–Crippen LogP) is 5.74. The van der Waals surface area contributed by atoms with E-state index in [1.807, 2.05) is 31.6 Å². The number of pyridine rings is 1. The van der Waals surface area contributed by atoms with Crippen LogP contribution >= 0.6 is 0 Å². The minimum atomic E-state index is -0.273. The van der Waals surface area contributed by atoms with Gasteiger partial charge in [-0.25, -0.2) is 19.6 Å². The maximum absolute atomic E-state index is 6.57. The number of nitrogens with one attached hydrogen (secondary N) is 1. The van der Waals surface area contributed by atoms with E-state index in [1.165, 1.54) is 0 Å². The third-order valence-corrected chi connectivity index (χ3v) is 7.64. The molecule has 4 aromatic heterocycles. The van der Waals surface area contributed by atoms with Gasteiger partial charge in [0.05, 0.1) is 48.3 Å². The molecule has 1 atom stereocenters. The third kappa shape index (κ3) is 6.15. The van der Waals surface area contributed by atoms with Crippen LogP contribution in [0, 0.1) is 0 Å². The van der Waals surface area contributed by atoms with Gasteiger partial charge in [-0.3, -0.25) is 4.68 Å². The molecule has 2 aliphatic heterocycles. The summed E-state index contributed by atoms with van der Waals surface area (Å²) >= 11 is 0. The van der Waals surface area contributed by atoms with E-state index in [1.54, 1.807) is 29.3 Å². The quantitative estimate of drug-likeness (QED) is 0.316. The first-order valence-corrected chi connectivity index (χ1v) is 14.8. The Hall–Kier alpha value is -4.19. The van der Waals surface area contributed by atoms with Gasteiger partial charge in [0.25, 0.3) is 0 Å². The van der Waals surface area contributed by atoms with Crippen molar-refractivity contribution < 1.29 is 18.9 Å². The van der Waals surface area contributed by atoms with Crippen LogP contribution < -0.4 is 19.5 Å². The summed E-state index contributed by atoms with van der Waals surface area (Å²) in [5.74, 6) is 3.50. The second kappa shape index (κ2) is 11.1. The van der Waals surface area contributed by atoms with Crippen LogP contribution in [-0.4, -0.2) is 65.0 Å². The number of hydrogen-bond donors (Lipinski definition) is 1. The molecule has 1 saturated heterocycles. The highest BCUT2D eigenvalue weighted by atomic mass is 16.5. The Morgan fingerprint density at radius 3 is 2.60 bits per heavy atom. The first kappa shape index (κ1) is 28.9. The number of nitrogens with zero attached hydrogens (tertiary/aromatic N) is 7. The molecule has 12 heteroatoms. The number of fused-ring (bicyclic) bond motifs is 6. The Bertz CT molecular complexity index is 1600. The van der Waals surface area contributed by atoms with Gasteiger partial charge in [-0.15, -0.1) is 5.10 Å². The maximum atomic E-state index is 6.57. The molecule has 1 fully saturated rings. The molecule has 4 aromatic rings. The summed E-state index contributed by atoms with van der Waals surface area (Å²) in [5.41, 5.74) is 1.79. The normalized spacial score (nSPS) is 19.7. The average molecular weight is 589 g/mol. The van der Waals surface area contributed by atoms with E-state index in [9.17, 15) is 0 Å². The second-order valence-electron chi connectivity index (χ2n) is 12.5. The van der Waals surface area contributed by atoms with Gasteiger partial charge in [0, 0.05) is 43.7 Å². The fourth-order valence-corrected chi connectivity index (χ4v) is 6.06. The van der Waals surface area contributed by atoms with Crippen molar-refractivity contribution in [3.63, 3.8) is 0 Å². The number of aromatic nitrogens is 7. The SMILES string of the molecule is CCOc1nn(C2CC(C)(C)OC(C)(C)C2)cc1-c1cnc2cc1O[C@@H](C)CCOc1c(cnn1C)-c1nccc(n1)N2. The zero-order valence-corrected chi connectivity index (χ0v) is 25.9. The summed E-state index contributed by atoms with van der Waals surface area (Å²) in [6.45, 7) is 13.4. The Balaban J connectivity index is 1.39. The molecule has 0 unspecified atom stereocenters. The molecule has 1 N–H and O–H groups in total. The van der Waals surface area contributed by atoms with Crippen molar-refractivity contribution in [2.24, 2.45) is 7.05 Å². The standard InChI is InChI=1S/C31H40N8O4/c1-8-40-28-23(18-39(37-28)20-14-30(3,4)43-31(5,6)15-20)21-16-33-26-13-24(21)42-19(2)10-12-41-29-22(17-34-38(29)7)27-32-11-9-25(35-26)36-27/h9,11,13,16-20H,8,10,12,14-15H2,1-7H3,(H,32,33,35,36)/t19-/m0/s1. The molecule has 0 aromatic carbocycles. The molecule has 0 radical (unpaired) electrons. The van der Waals surface area contributed by atoms with Gasteiger partial charge in [0.1, 0.15) is 22.9 Å². The van der Waals surface area contributed by atoms with Gasteiger partial charge in [-0.2, -0.15) is 5.10 Å². The van der Waals surface area contributed by atoms with Crippen molar-refractivity contribution in [1.82, 2.24) is 34.5 Å². The van der Waals surface area contributed by atoms with Crippen LogP contribution in [0.1, 0.15) is 66.8 Å². The van der Waals surface area contributed by atoms with Crippen LogP contribution in [0.5, 0.6) is 17.5 Å². The lowest BCUT2D eigenvalue weighted by Crippen LogP contribution is -2.45. The highest BCUT2D eigenvalue weighted by Gasteiger charge is 2.40. The lowest BCUT2D eigenvalue weighted by molar-refractivity contribution is -0.170. The zero-order chi connectivity index (χ0) is 30.4. The molecule has 0 amide bonds. The molecule has 4 bridgehead atoms. The number of aryl methyl sites for hydroxylation is 1. The summed E-state index contributed by atoms with van der Waals surface area (Å²) < 4.78 is 28.8. The Labute approximate surface area is 251 Å². The number of hydrogen-bond acceptors (Lipinski definition) is 10. The fourth-order valence-electron chi connectivity index (χ4n) is 6.06. The average Bonchev–Trinajstić information content (AvgIpc) is 3.51. The lowest BCUT2D eigenvalue weighted by atomic mass is 9.85. The summed E-state index contributed by atoms with van der Waals surface area (Å²) in [6.07, 6.45) is 9.41. The molecule has 6 rings (SSSR count). The van der Waals surface area contributed by atoms with Crippen molar-refractivity contribution in [1.29, 1.82) is 0 Å². The molecule has 228 valence electrons. The number of anilines is 2. The zero-order valence-electron chi connectivity index (χ0n) is 25.9. The van der Waals surface area contributed by atoms with Crippen molar-refractivity contribution in [2.75, 3.05) is 18.5 Å². The summed E-state index contributed by atoms with van der Waals surface area (Å²) in [5, 5.41) is 12.6.